The number of nitrogens with two attached hydrogens (primary N) is 1. The molecule has 1 amide bonds. The fourth-order valence-corrected chi connectivity index (χ4v) is 3.00. The molecule has 0 unspecified atom stereocenters. The summed E-state index contributed by atoms with van der Waals surface area (Å²) in [4.78, 5) is 14.0. The number of rotatable bonds is 3. The first-order valence-electron chi connectivity index (χ1n) is 5.80. The molecular weight excluding hydrogens is 270 g/mol. The van der Waals surface area contributed by atoms with Crippen molar-refractivity contribution < 1.29 is 4.79 Å². The molecule has 4 nitrogen and oxygen atoms in total. The average molecular weight is 286 g/mol. The summed E-state index contributed by atoms with van der Waals surface area (Å²) in [5.41, 5.74) is 6.80. The van der Waals surface area contributed by atoms with E-state index in [-0.39, 0.29) is 5.91 Å². The third-order valence-corrected chi connectivity index (χ3v) is 3.99. The number of halogens is 1. The van der Waals surface area contributed by atoms with E-state index in [9.17, 15) is 4.79 Å². The van der Waals surface area contributed by atoms with Gasteiger partial charge < -0.3 is 11.1 Å². The molecule has 2 rings (SSSR count). The average Bonchev–Trinajstić information content (AvgIpc) is 2.34. The van der Waals surface area contributed by atoms with E-state index in [4.69, 9.17) is 17.3 Å². The summed E-state index contributed by atoms with van der Waals surface area (Å²) in [6.07, 6.45) is 0. The molecule has 1 fully saturated rings. The second-order valence-electron chi connectivity index (χ2n) is 4.18. The standard InChI is InChI=1S/C12H16ClN3OS/c13-10-7-9(14)1-2-11(10)15-12(17)8-16-3-5-18-6-4-16/h1-2,7H,3-6,8,14H2,(H,15,17). The Balaban J connectivity index is 1.90. The monoisotopic (exact) mass is 285 g/mol. The fourth-order valence-electron chi connectivity index (χ4n) is 1.78. The number of hydrogen-bond donors (Lipinski definition) is 2. The topological polar surface area (TPSA) is 58.4 Å². The van der Waals surface area contributed by atoms with Crippen molar-refractivity contribution in [1.82, 2.24) is 4.90 Å². The van der Waals surface area contributed by atoms with Crippen LogP contribution in [0, 0.1) is 0 Å². The highest BCUT2D eigenvalue weighted by atomic mass is 35.5. The maximum atomic E-state index is 11.9. The summed E-state index contributed by atoms with van der Waals surface area (Å²) in [7, 11) is 0. The first-order valence-corrected chi connectivity index (χ1v) is 7.33. The molecule has 1 aromatic rings. The maximum absolute atomic E-state index is 11.9. The van der Waals surface area contributed by atoms with Crippen molar-refractivity contribution in [2.75, 3.05) is 42.2 Å². The summed E-state index contributed by atoms with van der Waals surface area (Å²) >= 11 is 7.93. The van der Waals surface area contributed by atoms with Crippen LogP contribution in [0.4, 0.5) is 11.4 Å². The highest BCUT2D eigenvalue weighted by Crippen LogP contribution is 2.24. The van der Waals surface area contributed by atoms with E-state index in [2.05, 4.69) is 10.2 Å². The van der Waals surface area contributed by atoms with E-state index < -0.39 is 0 Å². The van der Waals surface area contributed by atoms with Gasteiger partial charge in [0.2, 0.25) is 5.91 Å². The predicted molar refractivity (Wildman–Crippen MR) is 78.3 cm³/mol. The smallest absolute Gasteiger partial charge is 0.238 e. The highest BCUT2D eigenvalue weighted by Gasteiger charge is 2.14. The largest absolute Gasteiger partial charge is 0.399 e. The number of amides is 1. The van der Waals surface area contributed by atoms with Gasteiger partial charge in [0.15, 0.2) is 0 Å². The quantitative estimate of drug-likeness (QED) is 0.833. The van der Waals surface area contributed by atoms with Gasteiger partial charge in [-0.25, -0.2) is 0 Å². The highest BCUT2D eigenvalue weighted by molar-refractivity contribution is 7.99. The third-order valence-electron chi connectivity index (χ3n) is 2.74. The number of anilines is 2. The molecule has 0 atom stereocenters. The molecule has 3 N–H and O–H groups in total. The number of nitrogens with zero attached hydrogens (tertiary/aromatic N) is 1. The molecule has 0 spiro atoms. The molecule has 1 heterocycles. The van der Waals surface area contributed by atoms with Crippen LogP contribution in [0.3, 0.4) is 0 Å². The van der Waals surface area contributed by atoms with Gasteiger partial charge in [0.1, 0.15) is 0 Å². The van der Waals surface area contributed by atoms with Gasteiger partial charge in [-0.2, -0.15) is 11.8 Å². The zero-order valence-corrected chi connectivity index (χ0v) is 11.6. The number of carbonyl (C=O) groups is 1. The lowest BCUT2D eigenvalue weighted by molar-refractivity contribution is -0.117. The number of carbonyl (C=O) groups excluding carboxylic acids is 1. The summed E-state index contributed by atoms with van der Waals surface area (Å²) < 4.78 is 0. The molecule has 1 saturated heterocycles. The molecule has 1 aliphatic heterocycles. The molecule has 18 heavy (non-hydrogen) atoms. The minimum atomic E-state index is -0.0337. The zero-order chi connectivity index (χ0) is 13.0. The molecule has 0 radical (unpaired) electrons. The lowest BCUT2D eigenvalue weighted by Crippen LogP contribution is -2.38. The second kappa shape index (κ2) is 6.31. The van der Waals surface area contributed by atoms with Crippen LogP contribution < -0.4 is 11.1 Å². The van der Waals surface area contributed by atoms with Gasteiger partial charge in [-0.3, -0.25) is 9.69 Å². The van der Waals surface area contributed by atoms with Gasteiger partial charge in [-0.1, -0.05) is 11.6 Å². The molecule has 0 saturated carbocycles. The Bertz CT molecular complexity index is 435. The van der Waals surface area contributed by atoms with Crippen LogP contribution in [0.1, 0.15) is 0 Å². The molecule has 98 valence electrons. The van der Waals surface area contributed by atoms with E-state index in [1.165, 1.54) is 0 Å². The summed E-state index contributed by atoms with van der Waals surface area (Å²) in [6.45, 7) is 2.35. The van der Waals surface area contributed by atoms with Crippen LogP contribution in [0.2, 0.25) is 5.02 Å². The van der Waals surface area contributed by atoms with E-state index >= 15 is 0 Å². The van der Waals surface area contributed by atoms with Crippen molar-refractivity contribution in [3.05, 3.63) is 23.2 Å². The third kappa shape index (κ3) is 3.80. The summed E-state index contributed by atoms with van der Waals surface area (Å²) in [5, 5.41) is 3.28. The molecule has 6 heteroatoms. The number of nitrogen functional groups attached to an aromatic ring is 1. The minimum Gasteiger partial charge on any atom is -0.399 e. The van der Waals surface area contributed by atoms with Crippen LogP contribution >= 0.6 is 23.4 Å². The van der Waals surface area contributed by atoms with E-state index in [1.54, 1.807) is 18.2 Å². The Labute approximate surface area is 116 Å². The number of benzene rings is 1. The molecular formula is C12H16ClN3OS. The summed E-state index contributed by atoms with van der Waals surface area (Å²) in [6, 6.07) is 5.08. The van der Waals surface area contributed by atoms with Gasteiger partial charge in [0.05, 0.1) is 17.3 Å². The Morgan fingerprint density at radius 1 is 1.44 bits per heavy atom. The molecule has 1 aliphatic rings. The second-order valence-corrected chi connectivity index (χ2v) is 5.81. The Morgan fingerprint density at radius 2 is 2.17 bits per heavy atom. The minimum absolute atomic E-state index is 0.0337. The zero-order valence-electron chi connectivity index (χ0n) is 9.99. The number of hydrogen-bond acceptors (Lipinski definition) is 4. The van der Waals surface area contributed by atoms with Crippen molar-refractivity contribution >= 4 is 40.6 Å². The van der Waals surface area contributed by atoms with Gasteiger partial charge in [0.25, 0.3) is 0 Å². The Morgan fingerprint density at radius 3 is 2.83 bits per heavy atom. The first-order chi connectivity index (χ1) is 8.65. The van der Waals surface area contributed by atoms with Crippen LogP contribution in [0.25, 0.3) is 0 Å². The lowest BCUT2D eigenvalue weighted by atomic mass is 10.3. The molecule has 0 aliphatic carbocycles. The first kappa shape index (κ1) is 13.5. The van der Waals surface area contributed by atoms with Gasteiger partial charge in [-0.05, 0) is 18.2 Å². The molecule has 0 aromatic heterocycles. The SMILES string of the molecule is Nc1ccc(NC(=O)CN2CCSCC2)c(Cl)c1. The summed E-state index contributed by atoms with van der Waals surface area (Å²) in [5.74, 6) is 2.15. The van der Waals surface area contributed by atoms with Crippen LogP contribution in [-0.2, 0) is 4.79 Å². The fraction of sp³-hybridized carbons (Fsp3) is 0.417. The lowest BCUT2D eigenvalue weighted by Gasteiger charge is -2.25. The molecule has 0 bridgehead atoms. The van der Waals surface area contributed by atoms with Crippen molar-refractivity contribution in [1.29, 1.82) is 0 Å². The Hall–Kier alpha value is -0.910. The number of nitrogens with one attached hydrogen (secondary N) is 1. The Kier molecular flexibility index (Phi) is 4.74. The molecule has 1 aromatic carbocycles. The van der Waals surface area contributed by atoms with Crippen LogP contribution in [0.5, 0.6) is 0 Å². The predicted octanol–water partition coefficient (Wildman–Crippen LogP) is 1.91. The van der Waals surface area contributed by atoms with Crippen LogP contribution in [-0.4, -0.2) is 41.9 Å². The van der Waals surface area contributed by atoms with Crippen molar-refractivity contribution in [3.8, 4) is 0 Å². The van der Waals surface area contributed by atoms with Crippen molar-refractivity contribution in [2.45, 2.75) is 0 Å². The van der Waals surface area contributed by atoms with Crippen LogP contribution in [0.15, 0.2) is 18.2 Å². The van der Waals surface area contributed by atoms with Gasteiger partial charge >= 0.3 is 0 Å². The van der Waals surface area contributed by atoms with E-state index in [0.717, 1.165) is 24.6 Å². The van der Waals surface area contributed by atoms with Crippen molar-refractivity contribution in [3.63, 3.8) is 0 Å². The van der Waals surface area contributed by atoms with Crippen molar-refractivity contribution in [2.24, 2.45) is 0 Å². The van der Waals surface area contributed by atoms with E-state index in [1.807, 2.05) is 11.8 Å². The van der Waals surface area contributed by atoms with Gasteiger partial charge in [-0.15, -0.1) is 0 Å². The normalized spacial score (nSPS) is 16.5. The van der Waals surface area contributed by atoms with E-state index in [0.29, 0.717) is 22.9 Å². The van der Waals surface area contributed by atoms with Gasteiger partial charge in [0, 0.05) is 30.3 Å². The number of thioether (sulfide) groups is 1. The maximum Gasteiger partial charge on any atom is 0.238 e.